The molecule has 0 bridgehead atoms. The van der Waals surface area contributed by atoms with Crippen LogP contribution in [0.25, 0.3) is 0 Å². The average Bonchev–Trinajstić information content (AvgIpc) is 3.01. The van der Waals surface area contributed by atoms with E-state index in [9.17, 15) is 4.79 Å². The zero-order chi connectivity index (χ0) is 17.3. The number of carbonyl (C=O) groups is 1. The molecule has 25 heavy (non-hydrogen) atoms. The molecule has 1 saturated carbocycles. The number of piperidine rings is 1. The first-order valence-electron chi connectivity index (χ1n) is 8.96. The second kappa shape index (κ2) is 6.84. The van der Waals surface area contributed by atoms with E-state index in [4.69, 9.17) is 0 Å². The summed E-state index contributed by atoms with van der Waals surface area (Å²) in [6.07, 6.45) is 8.06. The highest BCUT2D eigenvalue weighted by Gasteiger charge is 2.46. The highest BCUT2D eigenvalue weighted by atomic mass is 32.1. The Labute approximate surface area is 152 Å². The van der Waals surface area contributed by atoms with Crippen LogP contribution in [0.4, 0.5) is 0 Å². The average molecular weight is 356 g/mol. The predicted molar refractivity (Wildman–Crippen MR) is 98.5 cm³/mol. The van der Waals surface area contributed by atoms with Crippen LogP contribution in [0, 0.1) is 12.3 Å². The van der Waals surface area contributed by atoms with Gasteiger partial charge in [-0.25, -0.2) is 4.98 Å². The second-order valence-electron chi connectivity index (χ2n) is 7.45. The number of nitrogens with one attached hydrogen (secondary N) is 1. The van der Waals surface area contributed by atoms with Crippen molar-refractivity contribution in [3.63, 3.8) is 0 Å². The van der Waals surface area contributed by atoms with Crippen molar-refractivity contribution in [1.82, 2.24) is 20.2 Å². The number of nitrogens with zero attached hydrogens (tertiary/aromatic N) is 3. The first-order valence-corrected chi connectivity index (χ1v) is 9.84. The molecule has 1 amide bonds. The Balaban J connectivity index is 1.24. The van der Waals surface area contributed by atoms with Gasteiger partial charge in [-0.05, 0) is 63.2 Å². The van der Waals surface area contributed by atoms with Gasteiger partial charge in [-0.3, -0.25) is 14.7 Å². The fourth-order valence-corrected chi connectivity index (χ4v) is 4.95. The minimum absolute atomic E-state index is 0.0281. The molecule has 4 rings (SSSR count). The van der Waals surface area contributed by atoms with E-state index in [1.165, 1.54) is 23.4 Å². The molecule has 0 unspecified atom stereocenters. The number of hydrogen-bond acceptors (Lipinski definition) is 5. The number of amides is 1. The van der Waals surface area contributed by atoms with E-state index in [1.54, 1.807) is 35.9 Å². The molecule has 2 fully saturated rings. The lowest BCUT2D eigenvalue weighted by Crippen LogP contribution is -2.54. The Morgan fingerprint density at radius 1 is 1.32 bits per heavy atom. The van der Waals surface area contributed by atoms with Crippen LogP contribution in [0.1, 0.15) is 46.6 Å². The van der Waals surface area contributed by atoms with Gasteiger partial charge in [-0.1, -0.05) is 0 Å². The molecule has 3 heterocycles. The number of aromatic nitrogens is 2. The maximum atomic E-state index is 12.2. The number of hydrogen-bond donors (Lipinski definition) is 1. The first kappa shape index (κ1) is 16.7. The smallest absolute Gasteiger partial charge is 0.251 e. The molecule has 0 aromatic carbocycles. The monoisotopic (exact) mass is 356 g/mol. The van der Waals surface area contributed by atoms with Crippen LogP contribution in [0.2, 0.25) is 0 Å². The number of carbonyl (C=O) groups excluding carboxylic acids is 1. The molecule has 2 aromatic rings. The van der Waals surface area contributed by atoms with Crippen molar-refractivity contribution in [2.24, 2.45) is 5.41 Å². The van der Waals surface area contributed by atoms with Gasteiger partial charge in [-0.2, -0.15) is 0 Å². The summed E-state index contributed by atoms with van der Waals surface area (Å²) in [6, 6.07) is 3.86. The standard InChI is InChI=1S/C19H24N4OS/c1-14-17(25-13-21-14)12-23-8-4-19(5-9-23)10-16(11-19)22-18(24)15-2-6-20-7-3-15/h2-3,6-7,13,16H,4-5,8-12H2,1H3,(H,22,24). The fraction of sp³-hybridized carbons (Fsp3) is 0.526. The number of thiazole rings is 1. The van der Waals surface area contributed by atoms with Crippen LogP contribution in [0.5, 0.6) is 0 Å². The Morgan fingerprint density at radius 3 is 2.68 bits per heavy atom. The van der Waals surface area contributed by atoms with Crippen molar-refractivity contribution in [3.05, 3.63) is 46.2 Å². The lowest BCUT2D eigenvalue weighted by molar-refractivity contribution is 0.00489. The van der Waals surface area contributed by atoms with Crippen LogP contribution < -0.4 is 5.32 Å². The zero-order valence-corrected chi connectivity index (χ0v) is 15.4. The molecule has 2 aromatic heterocycles. The Bertz CT molecular complexity index is 729. The molecule has 1 spiro atoms. The van der Waals surface area contributed by atoms with Gasteiger partial charge < -0.3 is 5.32 Å². The van der Waals surface area contributed by atoms with Crippen LogP contribution in [-0.4, -0.2) is 39.9 Å². The Kier molecular flexibility index (Phi) is 4.56. The SMILES string of the molecule is Cc1ncsc1CN1CCC2(CC1)CC(NC(=O)c1ccncc1)C2. The van der Waals surface area contributed by atoms with E-state index >= 15 is 0 Å². The maximum Gasteiger partial charge on any atom is 0.251 e. The topological polar surface area (TPSA) is 58.1 Å². The van der Waals surface area contributed by atoms with Crippen LogP contribution in [0.15, 0.2) is 30.0 Å². The van der Waals surface area contributed by atoms with Gasteiger partial charge in [0.2, 0.25) is 0 Å². The quantitative estimate of drug-likeness (QED) is 0.915. The maximum absolute atomic E-state index is 12.2. The van der Waals surface area contributed by atoms with Gasteiger partial charge in [0.15, 0.2) is 0 Å². The zero-order valence-electron chi connectivity index (χ0n) is 14.6. The first-order chi connectivity index (χ1) is 12.1. The predicted octanol–water partition coefficient (Wildman–Crippen LogP) is 3.02. The summed E-state index contributed by atoms with van der Waals surface area (Å²) in [6.45, 7) is 5.44. The molecule has 5 nitrogen and oxygen atoms in total. The van der Waals surface area contributed by atoms with Crippen molar-refractivity contribution in [1.29, 1.82) is 0 Å². The molecule has 2 aliphatic rings. The summed E-state index contributed by atoms with van der Waals surface area (Å²) in [5.74, 6) is 0.0281. The number of rotatable bonds is 4. The van der Waals surface area contributed by atoms with Crippen molar-refractivity contribution in [2.45, 2.75) is 45.2 Å². The Morgan fingerprint density at radius 2 is 2.04 bits per heavy atom. The minimum Gasteiger partial charge on any atom is -0.349 e. The van der Waals surface area contributed by atoms with E-state index in [0.717, 1.165) is 32.5 Å². The van der Waals surface area contributed by atoms with E-state index in [-0.39, 0.29) is 5.91 Å². The van der Waals surface area contributed by atoms with Gasteiger partial charge in [0.05, 0.1) is 11.2 Å². The van der Waals surface area contributed by atoms with Gasteiger partial charge in [0.1, 0.15) is 0 Å². The summed E-state index contributed by atoms with van der Waals surface area (Å²) in [5.41, 5.74) is 4.27. The second-order valence-corrected chi connectivity index (χ2v) is 8.39. The summed E-state index contributed by atoms with van der Waals surface area (Å²) in [5, 5.41) is 3.17. The molecular weight excluding hydrogens is 332 g/mol. The molecule has 0 radical (unpaired) electrons. The lowest BCUT2D eigenvalue weighted by Gasteiger charge is -2.52. The largest absolute Gasteiger partial charge is 0.349 e. The van der Waals surface area contributed by atoms with Crippen molar-refractivity contribution in [2.75, 3.05) is 13.1 Å². The molecule has 1 aliphatic heterocycles. The molecule has 1 aliphatic carbocycles. The van der Waals surface area contributed by atoms with Crippen LogP contribution in [0.3, 0.4) is 0 Å². The highest BCUT2D eigenvalue weighted by molar-refractivity contribution is 7.09. The van der Waals surface area contributed by atoms with Gasteiger partial charge in [0.25, 0.3) is 5.91 Å². The van der Waals surface area contributed by atoms with Crippen LogP contribution in [-0.2, 0) is 6.54 Å². The summed E-state index contributed by atoms with van der Waals surface area (Å²) < 4.78 is 0. The molecule has 0 atom stereocenters. The Hall–Kier alpha value is -1.79. The molecule has 1 N–H and O–H groups in total. The molecule has 132 valence electrons. The van der Waals surface area contributed by atoms with Crippen LogP contribution >= 0.6 is 11.3 Å². The van der Waals surface area contributed by atoms with Gasteiger partial charge in [-0.15, -0.1) is 11.3 Å². The summed E-state index contributed by atoms with van der Waals surface area (Å²) in [7, 11) is 0. The van der Waals surface area contributed by atoms with Crippen molar-refractivity contribution < 1.29 is 4.79 Å². The third kappa shape index (κ3) is 3.60. The number of aryl methyl sites for hydroxylation is 1. The minimum atomic E-state index is 0.0281. The molecule has 6 heteroatoms. The van der Waals surface area contributed by atoms with Crippen molar-refractivity contribution >= 4 is 17.2 Å². The van der Waals surface area contributed by atoms with E-state index in [0.29, 0.717) is 17.0 Å². The lowest BCUT2D eigenvalue weighted by atomic mass is 9.60. The fourth-order valence-electron chi connectivity index (χ4n) is 4.13. The number of pyridine rings is 1. The molecule has 1 saturated heterocycles. The summed E-state index contributed by atoms with van der Waals surface area (Å²) in [4.78, 5) is 24.5. The van der Waals surface area contributed by atoms with Crippen molar-refractivity contribution in [3.8, 4) is 0 Å². The van der Waals surface area contributed by atoms with E-state index in [1.807, 2.05) is 5.51 Å². The highest BCUT2D eigenvalue weighted by Crippen LogP contribution is 2.49. The number of likely N-dealkylation sites (tertiary alicyclic amines) is 1. The van der Waals surface area contributed by atoms with E-state index in [2.05, 4.69) is 27.1 Å². The normalized spacial score (nSPS) is 20.4. The summed E-state index contributed by atoms with van der Waals surface area (Å²) >= 11 is 1.76. The van der Waals surface area contributed by atoms with Gasteiger partial charge >= 0.3 is 0 Å². The third-order valence-corrected chi connectivity index (χ3v) is 6.69. The molecular formula is C19H24N4OS. The van der Waals surface area contributed by atoms with Gasteiger partial charge in [0, 0.05) is 35.4 Å². The third-order valence-electron chi connectivity index (χ3n) is 5.77. The van der Waals surface area contributed by atoms with E-state index < -0.39 is 0 Å².